The average Bonchev–Trinajstić information content (AvgIpc) is 3.47. The molecule has 0 radical (unpaired) electrons. The standard InChI is InChI=1S/C21H23FN4O3S/c1-12(27)23-15-6-7-16(17(22)9-15)18-11-30-21(24-18)25-19(28)14-3-2-8-26(10-14)20(29)13-4-5-13/h6-7,9,11,13-14H,2-5,8,10H2,1H3,(H,23,27)(H,24,25,28). The molecule has 0 spiro atoms. The number of piperidine rings is 1. The van der Waals surface area contributed by atoms with Crippen molar-refractivity contribution in [2.24, 2.45) is 11.8 Å². The van der Waals surface area contributed by atoms with Gasteiger partial charge in [0.25, 0.3) is 0 Å². The minimum Gasteiger partial charge on any atom is -0.342 e. The van der Waals surface area contributed by atoms with Gasteiger partial charge < -0.3 is 15.5 Å². The predicted octanol–water partition coefficient (Wildman–Crippen LogP) is 3.49. The summed E-state index contributed by atoms with van der Waals surface area (Å²) in [6.45, 7) is 2.52. The molecule has 2 aromatic rings. The van der Waals surface area contributed by atoms with E-state index in [4.69, 9.17) is 0 Å². The fraction of sp³-hybridized carbons (Fsp3) is 0.429. The molecule has 1 aromatic heterocycles. The molecule has 30 heavy (non-hydrogen) atoms. The number of hydrogen-bond donors (Lipinski definition) is 2. The number of hydrogen-bond acceptors (Lipinski definition) is 5. The van der Waals surface area contributed by atoms with Gasteiger partial charge in [0.1, 0.15) is 5.82 Å². The number of carbonyl (C=O) groups excluding carboxylic acids is 3. The molecular weight excluding hydrogens is 407 g/mol. The van der Waals surface area contributed by atoms with Crippen LogP contribution in [-0.2, 0) is 14.4 Å². The Labute approximate surface area is 177 Å². The summed E-state index contributed by atoms with van der Waals surface area (Å²) in [7, 11) is 0. The molecule has 2 N–H and O–H groups in total. The van der Waals surface area contributed by atoms with Gasteiger partial charge in [-0.1, -0.05) is 0 Å². The molecule has 0 bridgehead atoms. The molecule has 9 heteroatoms. The second kappa shape index (κ2) is 8.51. The number of thiazole rings is 1. The van der Waals surface area contributed by atoms with Crippen LogP contribution in [0.25, 0.3) is 11.3 Å². The molecule has 2 fully saturated rings. The molecule has 3 amide bonds. The number of nitrogens with one attached hydrogen (secondary N) is 2. The molecule has 1 saturated carbocycles. The van der Waals surface area contributed by atoms with Crippen molar-refractivity contribution in [1.29, 1.82) is 0 Å². The van der Waals surface area contributed by atoms with Crippen LogP contribution in [0.3, 0.4) is 0 Å². The van der Waals surface area contributed by atoms with Crippen LogP contribution < -0.4 is 10.6 Å². The van der Waals surface area contributed by atoms with Crippen LogP contribution in [0, 0.1) is 17.7 Å². The second-order valence-electron chi connectivity index (χ2n) is 7.80. The lowest BCUT2D eigenvalue weighted by Gasteiger charge is -2.32. The first-order valence-electron chi connectivity index (χ1n) is 10.0. The largest absolute Gasteiger partial charge is 0.342 e. The fourth-order valence-corrected chi connectivity index (χ4v) is 4.36. The van der Waals surface area contributed by atoms with Gasteiger partial charge in [-0.3, -0.25) is 14.4 Å². The van der Waals surface area contributed by atoms with Gasteiger partial charge >= 0.3 is 0 Å². The third kappa shape index (κ3) is 4.67. The van der Waals surface area contributed by atoms with E-state index in [2.05, 4.69) is 15.6 Å². The summed E-state index contributed by atoms with van der Waals surface area (Å²) in [6.07, 6.45) is 3.45. The third-order valence-electron chi connectivity index (χ3n) is 5.33. The molecule has 1 atom stereocenters. The Morgan fingerprint density at radius 2 is 1.97 bits per heavy atom. The zero-order valence-electron chi connectivity index (χ0n) is 16.6. The fourth-order valence-electron chi connectivity index (χ4n) is 3.65. The molecular formula is C21H23FN4O3S. The number of benzene rings is 1. The van der Waals surface area contributed by atoms with Gasteiger partial charge in [0, 0.05) is 42.6 Å². The van der Waals surface area contributed by atoms with Crippen molar-refractivity contribution in [2.75, 3.05) is 23.7 Å². The Balaban J connectivity index is 1.40. The first-order valence-corrected chi connectivity index (χ1v) is 10.9. The van der Waals surface area contributed by atoms with Crippen LogP contribution in [0.4, 0.5) is 15.2 Å². The monoisotopic (exact) mass is 430 g/mol. The number of rotatable bonds is 5. The van der Waals surface area contributed by atoms with Crippen molar-refractivity contribution < 1.29 is 18.8 Å². The van der Waals surface area contributed by atoms with Crippen molar-refractivity contribution in [3.63, 3.8) is 0 Å². The molecule has 1 aliphatic carbocycles. The Bertz CT molecular complexity index is 988. The van der Waals surface area contributed by atoms with Gasteiger partial charge in [0.05, 0.1) is 11.6 Å². The van der Waals surface area contributed by atoms with Crippen LogP contribution >= 0.6 is 11.3 Å². The van der Waals surface area contributed by atoms with Crippen molar-refractivity contribution in [2.45, 2.75) is 32.6 Å². The summed E-state index contributed by atoms with van der Waals surface area (Å²) < 4.78 is 14.4. The lowest BCUT2D eigenvalue weighted by atomic mass is 9.97. The van der Waals surface area contributed by atoms with Gasteiger partial charge in [-0.05, 0) is 43.9 Å². The van der Waals surface area contributed by atoms with Crippen LogP contribution in [-0.4, -0.2) is 40.7 Å². The Kier molecular flexibility index (Phi) is 5.80. The number of carbonyl (C=O) groups is 3. The molecule has 2 heterocycles. The zero-order valence-corrected chi connectivity index (χ0v) is 17.4. The van der Waals surface area contributed by atoms with Crippen molar-refractivity contribution in [3.8, 4) is 11.3 Å². The normalized spacial score (nSPS) is 18.7. The molecule has 158 valence electrons. The number of likely N-dealkylation sites (tertiary alicyclic amines) is 1. The maximum atomic E-state index is 14.4. The Morgan fingerprint density at radius 3 is 2.67 bits per heavy atom. The summed E-state index contributed by atoms with van der Waals surface area (Å²) in [4.78, 5) is 42.2. The quantitative estimate of drug-likeness (QED) is 0.760. The van der Waals surface area contributed by atoms with Crippen molar-refractivity contribution >= 4 is 39.9 Å². The minimum atomic E-state index is -0.508. The number of aromatic nitrogens is 1. The highest BCUT2D eigenvalue weighted by Gasteiger charge is 2.36. The highest BCUT2D eigenvalue weighted by molar-refractivity contribution is 7.14. The Morgan fingerprint density at radius 1 is 1.17 bits per heavy atom. The maximum Gasteiger partial charge on any atom is 0.231 e. The van der Waals surface area contributed by atoms with E-state index in [1.165, 1.54) is 24.3 Å². The van der Waals surface area contributed by atoms with Crippen molar-refractivity contribution in [3.05, 3.63) is 29.4 Å². The van der Waals surface area contributed by atoms with Crippen LogP contribution in [0.15, 0.2) is 23.6 Å². The molecule has 4 rings (SSSR count). The third-order valence-corrected chi connectivity index (χ3v) is 6.09. The second-order valence-corrected chi connectivity index (χ2v) is 8.66. The predicted molar refractivity (Wildman–Crippen MR) is 112 cm³/mol. The molecule has 1 unspecified atom stereocenters. The lowest BCUT2D eigenvalue weighted by molar-refractivity contribution is -0.135. The van der Waals surface area contributed by atoms with E-state index in [0.29, 0.717) is 35.2 Å². The minimum absolute atomic E-state index is 0.153. The number of nitrogens with zero attached hydrogens (tertiary/aromatic N) is 2. The smallest absolute Gasteiger partial charge is 0.231 e. The summed E-state index contributed by atoms with van der Waals surface area (Å²) in [6, 6.07) is 4.39. The highest BCUT2D eigenvalue weighted by Crippen LogP contribution is 2.33. The van der Waals surface area contributed by atoms with E-state index in [0.717, 1.165) is 25.7 Å². The van der Waals surface area contributed by atoms with Crippen LogP contribution in [0.1, 0.15) is 32.6 Å². The topological polar surface area (TPSA) is 91.4 Å². The first kappa shape index (κ1) is 20.5. The number of amides is 3. The Hall–Kier alpha value is -2.81. The molecule has 1 aliphatic heterocycles. The summed E-state index contributed by atoms with van der Waals surface area (Å²) in [5.41, 5.74) is 1.08. The van der Waals surface area contributed by atoms with Gasteiger partial charge in [-0.2, -0.15) is 0 Å². The zero-order chi connectivity index (χ0) is 21.3. The summed E-state index contributed by atoms with van der Waals surface area (Å²) in [5.74, 6) is -0.887. The molecule has 1 saturated heterocycles. The molecule has 1 aromatic carbocycles. The number of halogens is 1. The summed E-state index contributed by atoms with van der Waals surface area (Å²) in [5, 5.41) is 7.42. The lowest BCUT2D eigenvalue weighted by Crippen LogP contribution is -2.44. The van der Waals surface area contributed by atoms with Gasteiger partial charge in [0.15, 0.2) is 5.13 Å². The van der Waals surface area contributed by atoms with E-state index in [9.17, 15) is 18.8 Å². The van der Waals surface area contributed by atoms with E-state index in [-0.39, 0.29) is 29.6 Å². The molecule has 2 aliphatic rings. The number of anilines is 2. The van der Waals surface area contributed by atoms with Crippen LogP contribution in [0.5, 0.6) is 0 Å². The van der Waals surface area contributed by atoms with E-state index in [1.54, 1.807) is 17.5 Å². The van der Waals surface area contributed by atoms with E-state index in [1.807, 2.05) is 4.90 Å². The van der Waals surface area contributed by atoms with Crippen molar-refractivity contribution in [1.82, 2.24) is 9.88 Å². The summed E-state index contributed by atoms with van der Waals surface area (Å²) >= 11 is 1.22. The van der Waals surface area contributed by atoms with Gasteiger partial charge in [-0.15, -0.1) is 11.3 Å². The van der Waals surface area contributed by atoms with Crippen LogP contribution in [0.2, 0.25) is 0 Å². The molecule has 7 nitrogen and oxygen atoms in total. The van der Waals surface area contributed by atoms with E-state index >= 15 is 0 Å². The highest BCUT2D eigenvalue weighted by atomic mass is 32.1. The average molecular weight is 431 g/mol. The van der Waals surface area contributed by atoms with Gasteiger partial charge in [0.2, 0.25) is 17.7 Å². The maximum absolute atomic E-state index is 14.4. The SMILES string of the molecule is CC(=O)Nc1ccc(-c2csc(NC(=O)C3CCCN(C(=O)C4CC4)C3)n2)c(F)c1. The first-order chi connectivity index (χ1) is 14.4. The van der Waals surface area contributed by atoms with Gasteiger partial charge in [-0.25, -0.2) is 9.37 Å². The van der Waals surface area contributed by atoms with E-state index < -0.39 is 5.82 Å².